The number of benzene rings is 1. The van der Waals surface area contributed by atoms with Crippen LogP contribution in [0.2, 0.25) is 0 Å². The van der Waals surface area contributed by atoms with Gasteiger partial charge in [0.15, 0.2) is 0 Å². The summed E-state index contributed by atoms with van der Waals surface area (Å²) in [6, 6.07) is 7.83. The van der Waals surface area contributed by atoms with Gasteiger partial charge < -0.3 is 9.32 Å². The van der Waals surface area contributed by atoms with Gasteiger partial charge in [0.2, 0.25) is 0 Å². The summed E-state index contributed by atoms with van der Waals surface area (Å²) in [5.74, 6) is 0. The Kier molecular flexibility index (Phi) is 5.12. The lowest BCUT2D eigenvalue weighted by Crippen LogP contribution is -2.24. The van der Waals surface area contributed by atoms with Crippen molar-refractivity contribution in [2.24, 2.45) is 0 Å². The summed E-state index contributed by atoms with van der Waals surface area (Å²) in [6.45, 7) is 8.25. The van der Waals surface area contributed by atoms with Crippen LogP contribution in [0.15, 0.2) is 46.0 Å². The fraction of sp³-hybridized carbons (Fsp3) is 0.350. The summed E-state index contributed by atoms with van der Waals surface area (Å²) < 4.78 is 5.63. The van der Waals surface area contributed by atoms with E-state index in [2.05, 4.69) is 34.8 Å². The standard InChI is InChI=1S/C20H23N3O2/c1-4-10-23(11-5-2)15-6-7-16-14(3)19(17-8-9-21-13-22-17)20(24)25-18(16)12-15/h6-9,12-13H,4-5,10-11H2,1-3H3. The molecular weight excluding hydrogens is 314 g/mol. The summed E-state index contributed by atoms with van der Waals surface area (Å²) in [6.07, 6.45) is 5.22. The number of rotatable bonds is 6. The van der Waals surface area contributed by atoms with Crippen LogP contribution in [0.3, 0.4) is 0 Å². The van der Waals surface area contributed by atoms with E-state index in [4.69, 9.17) is 4.42 Å². The van der Waals surface area contributed by atoms with Crippen LogP contribution in [0.25, 0.3) is 22.2 Å². The minimum absolute atomic E-state index is 0.363. The summed E-state index contributed by atoms with van der Waals surface area (Å²) in [5.41, 5.74) is 3.32. The van der Waals surface area contributed by atoms with Crippen LogP contribution >= 0.6 is 0 Å². The molecule has 0 spiro atoms. The van der Waals surface area contributed by atoms with Crippen LogP contribution in [0.1, 0.15) is 32.3 Å². The van der Waals surface area contributed by atoms with E-state index in [1.54, 1.807) is 12.3 Å². The van der Waals surface area contributed by atoms with Crippen LogP contribution < -0.4 is 10.5 Å². The Morgan fingerprint density at radius 3 is 2.52 bits per heavy atom. The molecule has 0 fully saturated rings. The van der Waals surface area contributed by atoms with E-state index in [9.17, 15) is 4.79 Å². The third-order valence-electron chi connectivity index (χ3n) is 4.34. The minimum Gasteiger partial charge on any atom is -0.422 e. The molecule has 3 aromatic rings. The van der Waals surface area contributed by atoms with Gasteiger partial charge in [0.05, 0.1) is 11.3 Å². The van der Waals surface area contributed by atoms with Crippen molar-refractivity contribution in [2.45, 2.75) is 33.6 Å². The fourth-order valence-corrected chi connectivity index (χ4v) is 3.19. The van der Waals surface area contributed by atoms with Crippen LogP contribution in [0, 0.1) is 6.92 Å². The van der Waals surface area contributed by atoms with Gasteiger partial charge in [0.1, 0.15) is 11.9 Å². The molecule has 0 aliphatic rings. The van der Waals surface area contributed by atoms with Gasteiger partial charge in [-0.3, -0.25) is 0 Å². The quantitative estimate of drug-likeness (QED) is 0.631. The van der Waals surface area contributed by atoms with E-state index < -0.39 is 0 Å². The molecule has 130 valence electrons. The van der Waals surface area contributed by atoms with Crippen LogP contribution in [0.5, 0.6) is 0 Å². The van der Waals surface area contributed by atoms with E-state index >= 15 is 0 Å². The molecule has 0 radical (unpaired) electrons. The largest absolute Gasteiger partial charge is 0.422 e. The Balaban J connectivity index is 2.12. The zero-order valence-electron chi connectivity index (χ0n) is 15.0. The molecule has 0 amide bonds. The first-order chi connectivity index (χ1) is 12.2. The summed E-state index contributed by atoms with van der Waals surface area (Å²) in [4.78, 5) is 23.0. The summed E-state index contributed by atoms with van der Waals surface area (Å²) in [5, 5.41) is 0.935. The number of hydrogen-bond acceptors (Lipinski definition) is 5. The molecule has 0 aliphatic heterocycles. The lowest BCUT2D eigenvalue weighted by atomic mass is 10.0. The van der Waals surface area contributed by atoms with Crippen LogP contribution in [-0.2, 0) is 0 Å². The molecule has 0 saturated carbocycles. The molecule has 5 heteroatoms. The van der Waals surface area contributed by atoms with Crippen molar-refractivity contribution < 1.29 is 4.42 Å². The molecule has 1 aromatic carbocycles. The number of anilines is 1. The summed E-state index contributed by atoms with van der Waals surface area (Å²) >= 11 is 0. The number of aryl methyl sites for hydroxylation is 1. The molecule has 0 N–H and O–H groups in total. The van der Waals surface area contributed by atoms with Crippen molar-refractivity contribution in [2.75, 3.05) is 18.0 Å². The first kappa shape index (κ1) is 17.1. The van der Waals surface area contributed by atoms with Gasteiger partial charge in [-0.05, 0) is 43.5 Å². The lowest BCUT2D eigenvalue weighted by Gasteiger charge is -2.24. The molecule has 0 saturated heterocycles. The van der Waals surface area contributed by atoms with Crippen molar-refractivity contribution in [3.8, 4) is 11.3 Å². The van der Waals surface area contributed by atoms with Crippen molar-refractivity contribution in [3.05, 3.63) is 52.8 Å². The maximum atomic E-state index is 12.5. The lowest BCUT2D eigenvalue weighted by molar-refractivity contribution is 0.562. The second-order valence-corrected chi connectivity index (χ2v) is 6.15. The first-order valence-corrected chi connectivity index (χ1v) is 8.74. The van der Waals surface area contributed by atoms with Crippen LogP contribution in [0.4, 0.5) is 5.69 Å². The average Bonchev–Trinajstić information content (AvgIpc) is 2.62. The van der Waals surface area contributed by atoms with Crippen molar-refractivity contribution >= 4 is 16.7 Å². The van der Waals surface area contributed by atoms with E-state index in [0.717, 1.165) is 42.6 Å². The monoisotopic (exact) mass is 337 g/mol. The Morgan fingerprint density at radius 1 is 1.12 bits per heavy atom. The van der Waals surface area contributed by atoms with Gasteiger partial charge in [-0.1, -0.05) is 13.8 Å². The highest BCUT2D eigenvalue weighted by atomic mass is 16.4. The normalized spacial score (nSPS) is 11.0. The van der Waals surface area contributed by atoms with E-state index in [1.807, 2.05) is 19.1 Å². The van der Waals surface area contributed by atoms with E-state index in [1.165, 1.54) is 6.33 Å². The Bertz CT molecular complexity index is 913. The molecule has 2 heterocycles. The maximum absolute atomic E-state index is 12.5. The maximum Gasteiger partial charge on any atom is 0.346 e. The topological polar surface area (TPSA) is 59.2 Å². The molecule has 3 rings (SSSR count). The average molecular weight is 337 g/mol. The Labute approximate surface area is 147 Å². The number of hydrogen-bond donors (Lipinski definition) is 0. The number of fused-ring (bicyclic) bond motifs is 1. The third kappa shape index (κ3) is 3.40. The highest BCUT2D eigenvalue weighted by molar-refractivity contribution is 5.88. The highest BCUT2D eigenvalue weighted by Gasteiger charge is 2.15. The predicted octanol–water partition coefficient (Wildman–Crippen LogP) is 4.18. The molecular formula is C20H23N3O2. The van der Waals surface area contributed by atoms with Crippen molar-refractivity contribution in [3.63, 3.8) is 0 Å². The van der Waals surface area contributed by atoms with Gasteiger partial charge in [-0.25, -0.2) is 14.8 Å². The SMILES string of the molecule is CCCN(CCC)c1ccc2c(C)c(-c3ccncn3)c(=O)oc2c1. The van der Waals surface area contributed by atoms with E-state index in [0.29, 0.717) is 16.8 Å². The zero-order valence-corrected chi connectivity index (χ0v) is 15.0. The second kappa shape index (κ2) is 7.47. The second-order valence-electron chi connectivity index (χ2n) is 6.15. The van der Waals surface area contributed by atoms with Gasteiger partial charge >= 0.3 is 5.63 Å². The molecule has 0 bridgehead atoms. The Hall–Kier alpha value is -2.69. The molecule has 25 heavy (non-hydrogen) atoms. The minimum atomic E-state index is -0.363. The summed E-state index contributed by atoms with van der Waals surface area (Å²) in [7, 11) is 0. The van der Waals surface area contributed by atoms with Crippen molar-refractivity contribution in [1.29, 1.82) is 0 Å². The van der Waals surface area contributed by atoms with Gasteiger partial charge in [-0.15, -0.1) is 0 Å². The number of nitrogens with zero attached hydrogens (tertiary/aromatic N) is 3. The molecule has 0 unspecified atom stereocenters. The highest BCUT2D eigenvalue weighted by Crippen LogP contribution is 2.28. The van der Waals surface area contributed by atoms with Crippen LogP contribution in [-0.4, -0.2) is 23.1 Å². The fourth-order valence-electron chi connectivity index (χ4n) is 3.19. The van der Waals surface area contributed by atoms with Crippen molar-refractivity contribution in [1.82, 2.24) is 9.97 Å². The van der Waals surface area contributed by atoms with Gasteiger partial charge in [0, 0.05) is 36.4 Å². The third-order valence-corrected chi connectivity index (χ3v) is 4.34. The molecule has 2 aromatic heterocycles. The van der Waals surface area contributed by atoms with Gasteiger partial charge in [0.25, 0.3) is 0 Å². The zero-order chi connectivity index (χ0) is 17.8. The Morgan fingerprint density at radius 2 is 1.88 bits per heavy atom. The molecule has 0 atom stereocenters. The smallest absolute Gasteiger partial charge is 0.346 e. The molecule has 5 nitrogen and oxygen atoms in total. The first-order valence-electron chi connectivity index (χ1n) is 8.74. The van der Waals surface area contributed by atoms with Gasteiger partial charge in [-0.2, -0.15) is 0 Å². The number of aromatic nitrogens is 2. The predicted molar refractivity (Wildman–Crippen MR) is 101 cm³/mol. The molecule has 0 aliphatic carbocycles. The van der Waals surface area contributed by atoms with E-state index in [-0.39, 0.29) is 5.63 Å².